The van der Waals surface area contributed by atoms with Crippen LogP contribution in [0.2, 0.25) is 0 Å². The standard InChI is InChI=1S/C27H34N6O4/c1-6-22(34)18(2)19-8-7-9-20(16-19)30-24-21(23(29)35)17-33(31-24)27(10-13-28)11-14-32(15-12-27)25(36)37-26(3,4)5/h6-9,16-17,34H,1,10-12,14-15H2,2-5H3,(H2,29,35)(H,30,31)/b22-18-. The molecule has 4 N–H and O–H groups in total. The number of aliphatic hydroxyl groups is 1. The van der Waals surface area contributed by atoms with Crippen molar-refractivity contribution in [3.05, 3.63) is 60.0 Å². The van der Waals surface area contributed by atoms with Crippen LogP contribution in [0.15, 0.2) is 48.9 Å². The average Bonchev–Trinajstić information content (AvgIpc) is 3.27. The average molecular weight is 507 g/mol. The lowest BCUT2D eigenvalue weighted by atomic mass is 9.85. The Kier molecular flexibility index (Phi) is 7.96. The summed E-state index contributed by atoms with van der Waals surface area (Å²) in [4.78, 5) is 26.4. The van der Waals surface area contributed by atoms with Gasteiger partial charge >= 0.3 is 6.09 Å². The summed E-state index contributed by atoms with van der Waals surface area (Å²) in [5, 5.41) is 27.4. The predicted octanol–water partition coefficient (Wildman–Crippen LogP) is 4.84. The van der Waals surface area contributed by atoms with E-state index in [1.165, 1.54) is 6.08 Å². The van der Waals surface area contributed by atoms with E-state index in [4.69, 9.17) is 10.5 Å². The fraction of sp³-hybridized carbons (Fsp3) is 0.407. The molecule has 10 heteroatoms. The van der Waals surface area contributed by atoms with Gasteiger partial charge in [0.1, 0.15) is 16.9 Å². The molecule has 1 aromatic heterocycles. The monoisotopic (exact) mass is 506 g/mol. The van der Waals surface area contributed by atoms with Gasteiger partial charge in [0.05, 0.1) is 18.0 Å². The van der Waals surface area contributed by atoms with Crippen molar-refractivity contribution in [2.24, 2.45) is 5.73 Å². The number of anilines is 2. The van der Waals surface area contributed by atoms with Crippen molar-refractivity contribution in [2.75, 3.05) is 18.4 Å². The highest BCUT2D eigenvalue weighted by Crippen LogP contribution is 2.35. The van der Waals surface area contributed by atoms with Crippen LogP contribution in [0, 0.1) is 11.3 Å². The molecule has 3 rings (SSSR count). The summed E-state index contributed by atoms with van der Waals surface area (Å²) >= 11 is 0. The minimum atomic E-state index is -0.714. The van der Waals surface area contributed by atoms with E-state index in [-0.39, 0.29) is 23.6 Å². The number of hydrogen-bond donors (Lipinski definition) is 3. The largest absolute Gasteiger partial charge is 0.508 e. The first-order valence-electron chi connectivity index (χ1n) is 12.0. The molecule has 2 aromatic rings. The van der Waals surface area contributed by atoms with E-state index in [0.717, 1.165) is 5.56 Å². The van der Waals surface area contributed by atoms with Crippen LogP contribution in [0.5, 0.6) is 0 Å². The molecule has 37 heavy (non-hydrogen) atoms. The van der Waals surface area contributed by atoms with Crippen molar-refractivity contribution >= 4 is 29.1 Å². The number of ether oxygens (including phenoxy) is 1. The normalized spacial score (nSPS) is 15.8. The highest BCUT2D eigenvalue weighted by atomic mass is 16.6. The van der Waals surface area contributed by atoms with Crippen molar-refractivity contribution in [3.8, 4) is 6.07 Å². The van der Waals surface area contributed by atoms with Crippen molar-refractivity contribution in [1.82, 2.24) is 14.7 Å². The number of nitriles is 1. The summed E-state index contributed by atoms with van der Waals surface area (Å²) in [5.74, 6) is -0.342. The number of primary amides is 1. The van der Waals surface area contributed by atoms with Crippen LogP contribution in [-0.2, 0) is 10.3 Å². The maximum atomic E-state index is 12.5. The van der Waals surface area contributed by atoms with E-state index >= 15 is 0 Å². The summed E-state index contributed by atoms with van der Waals surface area (Å²) in [6, 6.07) is 9.49. The maximum absolute atomic E-state index is 12.5. The smallest absolute Gasteiger partial charge is 0.410 e. The zero-order valence-corrected chi connectivity index (χ0v) is 21.7. The Labute approximate surface area is 217 Å². The minimum Gasteiger partial charge on any atom is -0.508 e. The van der Waals surface area contributed by atoms with Crippen LogP contribution in [0.1, 0.15) is 62.9 Å². The molecule has 0 atom stereocenters. The van der Waals surface area contributed by atoms with Crippen LogP contribution in [-0.4, -0.2) is 50.5 Å². The number of aromatic nitrogens is 2. The number of likely N-dealkylation sites (tertiary alicyclic amines) is 1. The van der Waals surface area contributed by atoms with Crippen LogP contribution in [0.25, 0.3) is 5.57 Å². The highest BCUT2D eigenvalue weighted by molar-refractivity contribution is 5.98. The molecule has 1 aromatic carbocycles. The van der Waals surface area contributed by atoms with E-state index < -0.39 is 23.1 Å². The summed E-state index contributed by atoms with van der Waals surface area (Å²) in [6.07, 6.45) is 3.59. The number of carbonyl (C=O) groups is 2. The maximum Gasteiger partial charge on any atom is 0.410 e. The number of rotatable bonds is 7. The van der Waals surface area contributed by atoms with Crippen LogP contribution in [0.3, 0.4) is 0 Å². The molecule has 2 amide bonds. The second-order valence-corrected chi connectivity index (χ2v) is 10.1. The summed E-state index contributed by atoms with van der Waals surface area (Å²) in [5.41, 5.74) is 6.57. The molecule has 196 valence electrons. The summed E-state index contributed by atoms with van der Waals surface area (Å²) in [6.45, 7) is 11.6. The van der Waals surface area contributed by atoms with Gasteiger partial charge in [-0.15, -0.1) is 0 Å². The number of aliphatic hydroxyl groups excluding tert-OH is 1. The van der Waals surface area contributed by atoms with Gasteiger partial charge in [-0.2, -0.15) is 10.4 Å². The molecule has 0 unspecified atom stereocenters. The molecule has 1 aliphatic rings. The number of piperidine rings is 1. The minimum absolute atomic E-state index is 0.0652. The molecule has 10 nitrogen and oxygen atoms in total. The van der Waals surface area contributed by atoms with Crippen molar-refractivity contribution in [2.45, 2.75) is 58.1 Å². The number of carbonyl (C=O) groups excluding carboxylic acids is 2. The molecule has 0 bridgehead atoms. The van der Waals surface area contributed by atoms with E-state index in [1.807, 2.05) is 39.0 Å². The summed E-state index contributed by atoms with van der Waals surface area (Å²) < 4.78 is 7.11. The van der Waals surface area contributed by atoms with E-state index in [2.05, 4.69) is 23.1 Å². The Morgan fingerprint density at radius 2 is 2.03 bits per heavy atom. The molecule has 0 spiro atoms. The lowest BCUT2D eigenvalue weighted by Gasteiger charge is -2.40. The molecule has 1 saturated heterocycles. The van der Waals surface area contributed by atoms with Gasteiger partial charge in [0.25, 0.3) is 5.91 Å². The second kappa shape index (κ2) is 10.8. The Morgan fingerprint density at radius 3 is 2.59 bits per heavy atom. The first-order valence-corrected chi connectivity index (χ1v) is 12.0. The number of hydrogen-bond acceptors (Lipinski definition) is 7. The zero-order valence-electron chi connectivity index (χ0n) is 21.7. The van der Waals surface area contributed by atoms with Crippen molar-refractivity contribution < 1.29 is 19.4 Å². The van der Waals surface area contributed by atoms with E-state index in [9.17, 15) is 20.0 Å². The Morgan fingerprint density at radius 1 is 1.35 bits per heavy atom. The number of nitrogens with zero attached hydrogens (tertiary/aromatic N) is 4. The van der Waals surface area contributed by atoms with Crippen molar-refractivity contribution in [1.29, 1.82) is 5.26 Å². The molecule has 1 fully saturated rings. The van der Waals surface area contributed by atoms with Crippen LogP contribution >= 0.6 is 0 Å². The van der Waals surface area contributed by atoms with Gasteiger partial charge in [0.2, 0.25) is 0 Å². The predicted molar refractivity (Wildman–Crippen MR) is 141 cm³/mol. The van der Waals surface area contributed by atoms with Crippen LogP contribution in [0.4, 0.5) is 16.3 Å². The number of amides is 2. The molecule has 1 aliphatic heterocycles. The number of nitrogens with one attached hydrogen (secondary N) is 1. The SMILES string of the molecule is C=C/C(O)=C(\C)c1cccc(Nc2nn(C3(CC#N)CCN(C(=O)OC(C)(C)C)CC3)cc2C(N)=O)c1. The third-order valence-corrected chi connectivity index (χ3v) is 6.36. The quantitative estimate of drug-likeness (QED) is 0.360. The van der Waals surface area contributed by atoms with E-state index in [0.29, 0.717) is 37.2 Å². The Hall–Kier alpha value is -4.26. The Bertz CT molecular complexity index is 1260. The van der Waals surface area contributed by atoms with E-state index in [1.54, 1.807) is 28.8 Å². The third-order valence-electron chi connectivity index (χ3n) is 6.36. The van der Waals surface area contributed by atoms with Gasteiger partial charge < -0.3 is 25.8 Å². The van der Waals surface area contributed by atoms with Crippen LogP contribution < -0.4 is 11.1 Å². The van der Waals surface area contributed by atoms with Gasteiger partial charge in [-0.05, 0) is 69.9 Å². The third kappa shape index (κ3) is 6.30. The van der Waals surface area contributed by atoms with Gasteiger partial charge in [0.15, 0.2) is 5.82 Å². The Balaban J connectivity index is 1.90. The fourth-order valence-corrected chi connectivity index (χ4v) is 4.22. The number of allylic oxidation sites excluding steroid dienone is 2. The lowest BCUT2D eigenvalue weighted by molar-refractivity contribution is 0.0105. The van der Waals surface area contributed by atoms with Gasteiger partial charge in [0, 0.05) is 25.0 Å². The van der Waals surface area contributed by atoms with Gasteiger partial charge in [-0.3, -0.25) is 9.48 Å². The molecule has 0 aliphatic carbocycles. The van der Waals surface area contributed by atoms with Gasteiger partial charge in [-0.25, -0.2) is 4.79 Å². The number of benzene rings is 1. The fourth-order valence-electron chi connectivity index (χ4n) is 4.22. The van der Waals surface area contributed by atoms with Crippen molar-refractivity contribution in [3.63, 3.8) is 0 Å². The molecule has 2 heterocycles. The molecule has 0 saturated carbocycles. The first kappa shape index (κ1) is 27.3. The number of nitrogens with two attached hydrogens (primary N) is 1. The second-order valence-electron chi connectivity index (χ2n) is 10.1. The molecular weight excluding hydrogens is 472 g/mol. The molecule has 0 radical (unpaired) electrons. The highest BCUT2D eigenvalue weighted by Gasteiger charge is 2.40. The zero-order chi connectivity index (χ0) is 27.4. The molecular formula is C27H34N6O4. The topological polar surface area (TPSA) is 146 Å². The van der Waals surface area contributed by atoms with Gasteiger partial charge in [-0.1, -0.05) is 18.7 Å². The lowest BCUT2D eigenvalue weighted by Crippen LogP contribution is -2.49. The summed E-state index contributed by atoms with van der Waals surface area (Å²) in [7, 11) is 0. The first-order chi connectivity index (χ1) is 17.4.